The zero-order valence-corrected chi connectivity index (χ0v) is 7.34. The van der Waals surface area contributed by atoms with Crippen LogP contribution >= 0.6 is 0 Å². The standard InChI is InChI=1S/C10H17N/c1-9-4-5-10(8-9)11-6-2-3-7-11/h5,9H,2-4,6-8H2,1H3. The highest BCUT2D eigenvalue weighted by molar-refractivity contribution is 5.09. The van der Waals surface area contributed by atoms with Crippen LogP contribution in [0.15, 0.2) is 11.8 Å². The van der Waals surface area contributed by atoms with Crippen molar-refractivity contribution in [2.45, 2.75) is 32.6 Å². The van der Waals surface area contributed by atoms with Crippen molar-refractivity contribution in [3.8, 4) is 0 Å². The molecule has 0 spiro atoms. The van der Waals surface area contributed by atoms with E-state index in [9.17, 15) is 0 Å². The predicted octanol–water partition coefficient (Wildman–Crippen LogP) is 2.40. The highest BCUT2D eigenvalue weighted by atomic mass is 15.1. The summed E-state index contributed by atoms with van der Waals surface area (Å²) < 4.78 is 0. The minimum Gasteiger partial charge on any atom is -0.375 e. The van der Waals surface area contributed by atoms with Gasteiger partial charge in [0.05, 0.1) is 0 Å². The van der Waals surface area contributed by atoms with Crippen LogP contribution in [0.25, 0.3) is 0 Å². The summed E-state index contributed by atoms with van der Waals surface area (Å²) in [7, 11) is 0. The Labute approximate surface area is 69.1 Å². The van der Waals surface area contributed by atoms with Crippen molar-refractivity contribution in [1.82, 2.24) is 4.90 Å². The fraction of sp³-hybridized carbons (Fsp3) is 0.800. The summed E-state index contributed by atoms with van der Waals surface area (Å²) in [6.45, 7) is 4.98. The van der Waals surface area contributed by atoms with E-state index in [4.69, 9.17) is 0 Å². The Hall–Kier alpha value is -0.460. The molecular formula is C10H17N. The molecule has 0 bridgehead atoms. The maximum Gasteiger partial charge on any atom is 0.0175 e. The summed E-state index contributed by atoms with van der Waals surface area (Å²) in [6, 6.07) is 0. The van der Waals surface area contributed by atoms with Gasteiger partial charge in [0, 0.05) is 18.8 Å². The van der Waals surface area contributed by atoms with Crippen LogP contribution in [0, 0.1) is 5.92 Å². The molecule has 0 aromatic heterocycles. The summed E-state index contributed by atoms with van der Waals surface area (Å²) in [5.41, 5.74) is 1.63. The first-order valence-corrected chi connectivity index (χ1v) is 4.80. The first-order valence-electron chi connectivity index (χ1n) is 4.80. The van der Waals surface area contributed by atoms with Gasteiger partial charge in [0.25, 0.3) is 0 Å². The van der Waals surface area contributed by atoms with E-state index in [1.54, 1.807) is 5.70 Å². The van der Waals surface area contributed by atoms with Gasteiger partial charge in [0.1, 0.15) is 0 Å². The van der Waals surface area contributed by atoms with Crippen molar-refractivity contribution in [3.63, 3.8) is 0 Å². The number of hydrogen-bond donors (Lipinski definition) is 0. The zero-order valence-electron chi connectivity index (χ0n) is 7.34. The number of hydrogen-bond acceptors (Lipinski definition) is 1. The maximum atomic E-state index is 2.57. The van der Waals surface area contributed by atoms with Gasteiger partial charge in [-0.15, -0.1) is 0 Å². The second-order valence-electron chi connectivity index (χ2n) is 3.93. The molecule has 0 amide bonds. The van der Waals surface area contributed by atoms with Gasteiger partial charge < -0.3 is 4.90 Å². The van der Waals surface area contributed by atoms with Gasteiger partial charge in [-0.1, -0.05) is 13.0 Å². The van der Waals surface area contributed by atoms with E-state index < -0.39 is 0 Å². The summed E-state index contributed by atoms with van der Waals surface area (Å²) >= 11 is 0. The molecule has 1 fully saturated rings. The quantitative estimate of drug-likeness (QED) is 0.556. The van der Waals surface area contributed by atoms with Crippen molar-refractivity contribution in [2.75, 3.05) is 13.1 Å². The van der Waals surface area contributed by atoms with Crippen LogP contribution in [0.3, 0.4) is 0 Å². The van der Waals surface area contributed by atoms with Gasteiger partial charge in [0.2, 0.25) is 0 Å². The lowest BCUT2D eigenvalue weighted by Crippen LogP contribution is -2.17. The molecule has 0 aromatic carbocycles. The fourth-order valence-electron chi connectivity index (χ4n) is 2.12. The molecule has 0 aromatic rings. The van der Waals surface area contributed by atoms with E-state index in [0.29, 0.717) is 0 Å². The van der Waals surface area contributed by atoms with Crippen molar-refractivity contribution in [3.05, 3.63) is 11.8 Å². The molecule has 11 heavy (non-hydrogen) atoms. The number of rotatable bonds is 1. The summed E-state index contributed by atoms with van der Waals surface area (Å²) in [5, 5.41) is 0. The third-order valence-electron chi connectivity index (χ3n) is 2.83. The molecule has 1 aliphatic carbocycles. The van der Waals surface area contributed by atoms with Crippen LogP contribution in [0.5, 0.6) is 0 Å². The first-order chi connectivity index (χ1) is 5.36. The summed E-state index contributed by atoms with van der Waals surface area (Å²) in [4.78, 5) is 2.57. The molecule has 2 rings (SSSR count). The van der Waals surface area contributed by atoms with Crippen molar-refractivity contribution < 1.29 is 0 Å². The molecule has 1 nitrogen and oxygen atoms in total. The van der Waals surface area contributed by atoms with Crippen molar-refractivity contribution in [2.24, 2.45) is 5.92 Å². The molecule has 1 heterocycles. The van der Waals surface area contributed by atoms with Crippen LogP contribution < -0.4 is 0 Å². The predicted molar refractivity (Wildman–Crippen MR) is 47.3 cm³/mol. The molecule has 62 valence electrons. The second kappa shape index (κ2) is 2.88. The largest absolute Gasteiger partial charge is 0.375 e. The van der Waals surface area contributed by atoms with E-state index in [-0.39, 0.29) is 0 Å². The Morgan fingerprint density at radius 3 is 2.64 bits per heavy atom. The smallest absolute Gasteiger partial charge is 0.0175 e. The molecular weight excluding hydrogens is 134 g/mol. The normalized spacial score (nSPS) is 31.2. The van der Waals surface area contributed by atoms with Gasteiger partial charge in [-0.25, -0.2) is 0 Å². The minimum absolute atomic E-state index is 0.908. The SMILES string of the molecule is CC1CC=C(N2CCCC2)C1. The molecule has 0 N–H and O–H groups in total. The van der Waals surface area contributed by atoms with Gasteiger partial charge in [0.15, 0.2) is 0 Å². The average Bonchev–Trinajstić information content (AvgIpc) is 2.55. The van der Waals surface area contributed by atoms with Gasteiger partial charge >= 0.3 is 0 Å². The number of allylic oxidation sites excluding steroid dienone is 2. The molecule has 0 saturated carbocycles. The second-order valence-corrected chi connectivity index (χ2v) is 3.93. The van der Waals surface area contributed by atoms with Crippen molar-refractivity contribution in [1.29, 1.82) is 0 Å². The summed E-state index contributed by atoms with van der Waals surface area (Å²) in [5.74, 6) is 0.908. The molecule has 1 heteroatoms. The Morgan fingerprint density at radius 2 is 2.09 bits per heavy atom. The molecule has 1 unspecified atom stereocenters. The Balaban J connectivity index is 1.94. The van der Waals surface area contributed by atoms with Gasteiger partial charge in [-0.05, 0) is 31.6 Å². The monoisotopic (exact) mass is 151 g/mol. The molecule has 1 saturated heterocycles. The first kappa shape index (κ1) is 7.20. The van der Waals surface area contributed by atoms with Crippen molar-refractivity contribution >= 4 is 0 Å². The Morgan fingerprint density at radius 1 is 1.36 bits per heavy atom. The highest BCUT2D eigenvalue weighted by Gasteiger charge is 2.20. The number of likely N-dealkylation sites (tertiary alicyclic amines) is 1. The topological polar surface area (TPSA) is 3.24 Å². The molecule has 1 atom stereocenters. The Kier molecular flexibility index (Phi) is 1.89. The van der Waals surface area contributed by atoms with Crippen LogP contribution in [0.2, 0.25) is 0 Å². The average molecular weight is 151 g/mol. The van der Waals surface area contributed by atoms with E-state index in [2.05, 4.69) is 17.9 Å². The van der Waals surface area contributed by atoms with E-state index >= 15 is 0 Å². The number of nitrogens with zero attached hydrogens (tertiary/aromatic N) is 1. The Bertz CT molecular complexity index is 166. The fourth-order valence-corrected chi connectivity index (χ4v) is 2.12. The molecule has 2 aliphatic rings. The zero-order chi connectivity index (χ0) is 7.68. The van der Waals surface area contributed by atoms with Gasteiger partial charge in [-0.2, -0.15) is 0 Å². The van der Waals surface area contributed by atoms with Crippen LogP contribution in [0.4, 0.5) is 0 Å². The van der Waals surface area contributed by atoms with E-state index in [0.717, 1.165) is 5.92 Å². The lowest BCUT2D eigenvalue weighted by Gasteiger charge is -2.19. The van der Waals surface area contributed by atoms with E-state index in [1.807, 2.05) is 0 Å². The molecule has 0 radical (unpaired) electrons. The van der Waals surface area contributed by atoms with E-state index in [1.165, 1.54) is 38.8 Å². The summed E-state index contributed by atoms with van der Waals surface area (Å²) in [6.07, 6.45) is 7.90. The third kappa shape index (κ3) is 1.42. The molecule has 1 aliphatic heterocycles. The van der Waals surface area contributed by atoms with Gasteiger partial charge in [-0.3, -0.25) is 0 Å². The lowest BCUT2D eigenvalue weighted by molar-refractivity contribution is 0.402. The van der Waals surface area contributed by atoms with Crippen LogP contribution in [-0.4, -0.2) is 18.0 Å². The van der Waals surface area contributed by atoms with Crippen LogP contribution in [-0.2, 0) is 0 Å². The maximum absolute atomic E-state index is 2.57. The van der Waals surface area contributed by atoms with Crippen LogP contribution in [0.1, 0.15) is 32.6 Å². The minimum atomic E-state index is 0.908. The highest BCUT2D eigenvalue weighted by Crippen LogP contribution is 2.28. The third-order valence-corrected chi connectivity index (χ3v) is 2.83. The lowest BCUT2D eigenvalue weighted by atomic mass is 10.1.